The molecular weight excluding hydrogens is 426 g/mol. The molecule has 34 heavy (non-hydrogen) atoms. The molecule has 0 saturated carbocycles. The summed E-state index contributed by atoms with van der Waals surface area (Å²) < 4.78 is 5.84. The molecule has 1 atom stereocenters. The summed E-state index contributed by atoms with van der Waals surface area (Å²) in [4.78, 5) is 24.7. The lowest BCUT2D eigenvalue weighted by Crippen LogP contribution is -2.38. The quantitative estimate of drug-likeness (QED) is 0.330. The van der Waals surface area contributed by atoms with E-state index in [0.29, 0.717) is 0 Å². The van der Waals surface area contributed by atoms with E-state index in [9.17, 15) is 14.7 Å². The van der Waals surface area contributed by atoms with Crippen LogP contribution in [0.1, 0.15) is 42.9 Å². The van der Waals surface area contributed by atoms with Crippen LogP contribution in [0.3, 0.4) is 0 Å². The maximum absolute atomic E-state index is 13.3. The minimum Gasteiger partial charge on any atom is -0.481 e. The molecule has 174 valence electrons. The van der Waals surface area contributed by atoms with Crippen molar-refractivity contribution in [1.29, 1.82) is 0 Å². The molecule has 1 aliphatic rings. The molecule has 0 bridgehead atoms. The fraction of sp³-hybridized carbons (Fsp3) is 0.241. The number of carbonyl (C=O) groups excluding carboxylic acids is 1. The molecule has 3 aromatic rings. The molecule has 4 rings (SSSR count). The predicted molar refractivity (Wildman–Crippen MR) is 133 cm³/mol. The van der Waals surface area contributed by atoms with E-state index < -0.39 is 18.0 Å². The second-order valence-corrected chi connectivity index (χ2v) is 8.89. The normalized spacial score (nSPS) is 13.8. The van der Waals surface area contributed by atoms with Crippen LogP contribution >= 0.6 is 0 Å². The average Bonchev–Trinajstić information content (AvgIpc) is 3.15. The van der Waals surface area contributed by atoms with Gasteiger partial charge in [0.2, 0.25) is 0 Å². The van der Waals surface area contributed by atoms with Crippen LogP contribution in [-0.2, 0) is 14.3 Å². The van der Waals surface area contributed by atoms with Gasteiger partial charge in [0.1, 0.15) is 12.3 Å². The van der Waals surface area contributed by atoms with Crippen LogP contribution in [0.4, 0.5) is 0 Å². The van der Waals surface area contributed by atoms with Crippen LogP contribution in [0, 0.1) is 5.92 Å². The van der Waals surface area contributed by atoms with E-state index in [1.54, 1.807) is 6.08 Å². The van der Waals surface area contributed by atoms with E-state index in [1.807, 2.05) is 68.4 Å². The Kier molecular flexibility index (Phi) is 7.12. The largest absolute Gasteiger partial charge is 0.481 e. The van der Waals surface area contributed by atoms with Crippen LogP contribution < -0.4 is 5.32 Å². The summed E-state index contributed by atoms with van der Waals surface area (Å²) in [5, 5.41) is 12.5. The number of carboxylic acid groups (broad SMARTS) is 1. The average molecular weight is 456 g/mol. The summed E-state index contributed by atoms with van der Waals surface area (Å²) in [5.41, 5.74) is 5.70. The molecule has 1 aliphatic carbocycles. The first-order chi connectivity index (χ1) is 16.4. The Labute approximate surface area is 200 Å². The molecule has 0 saturated heterocycles. The minimum absolute atomic E-state index is 0.0108. The predicted octanol–water partition coefficient (Wildman–Crippen LogP) is 5.47. The van der Waals surface area contributed by atoms with Crippen LogP contribution in [0.25, 0.3) is 17.2 Å². The van der Waals surface area contributed by atoms with E-state index in [2.05, 4.69) is 29.6 Å². The second kappa shape index (κ2) is 10.4. The molecule has 0 unspecified atom stereocenters. The van der Waals surface area contributed by atoms with E-state index in [4.69, 9.17) is 4.74 Å². The van der Waals surface area contributed by atoms with Gasteiger partial charge >= 0.3 is 11.9 Å². The fourth-order valence-electron chi connectivity index (χ4n) is 4.39. The highest BCUT2D eigenvalue weighted by molar-refractivity contribution is 5.93. The molecule has 0 spiro atoms. The molecular formula is C29H29NO4. The number of benzene rings is 3. The number of ether oxygens (including phenoxy) is 1. The van der Waals surface area contributed by atoms with Gasteiger partial charge < -0.3 is 15.2 Å². The Balaban J connectivity index is 1.58. The van der Waals surface area contributed by atoms with Gasteiger partial charge in [0.05, 0.1) is 6.42 Å². The first kappa shape index (κ1) is 23.3. The molecule has 0 heterocycles. The number of hydrogen-bond donors (Lipinski definition) is 2. The Morgan fingerprint density at radius 1 is 0.912 bits per heavy atom. The number of carboxylic acids is 1. The van der Waals surface area contributed by atoms with Gasteiger partial charge in [0, 0.05) is 12.0 Å². The summed E-state index contributed by atoms with van der Waals surface area (Å²) in [7, 11) is 0. The van der Waals surface area contributed by atoms with Crippen molar-refractivity contribution in [2.24, 2.45) is 5.92 Å². The van der Waals surface area contributed by atoms with Gasteiger partial charge in [-0.1, -0.05) is 92.7 Å². The van der Waals surface area contributed by atoms with Gasteiger partial charge in [-0.15, -0.1) is 0 Å². The van der Waals surface area contributed by atoms with Crippen molar-refractivity contribution in [2.45, 2.75) is 32.2 Å². The van der Waals surface area contributed by atoms with Gasteiger partial charge in [0.25, 0.3) is 0 Å². The Morgan fingerprint density at radius 3 is 2.03 bits per heavy atom. The van der Waals surface area contributed by atoms with Crippen molar-refractivity contribution >= 4 is 18.0 Å². The number of nitrogens with one attached hydrogen (secondary N) is 1. The minimum atomic E-state index is -0.919. The molecule has 5 heteroatoms. The van der Waals surface area contributed by atoms with Gasteiger partial charge in [-0.2, -0.15) is 0 Å². The zero-order valence-corrected chi connectivity index (χ0v) is 19.4. The lowest BCUT2D eigenvalue weighted by atomic mass is 9.98. The summed E-state index contributed by atoms with van der Waals surface area (Å²) in [6, 6.07) is 25.4. The van der Waals surface area contributed by atoms with Crippen molar-refractivity contribution in [1.82, 2.24) is 5.32 Å². The van der Waals surface area contributed by atoms with E-state index in [-0.39, 0.29) is 30.6 Å². The number of esters is 1. The lowest BCUT2D eigenvalue weighted by molar-refractivity contribution is -0.141. The Bertz CT molecular complexity index is 1150. The summed E-state index contributed by atoms with van der Waals surface area (Å²) in [6.45, 7) is 4.06. The third-order valence-corrected chi connectivity index (χ3v) is 6.21. The number of aliphatic carboxylic acids is 1. The van der Waals surface area contributed by atoms with Gasteiger partial charge in [-0.3, -0.25) is 4.79 Å². The van der Waals surface area contributed by atoms with Crippen molar-refractivity contribution < 1.29 is 19.4 Å². The van der Waals surface area contributed by atoms with Crippen molar-refractivity contribution in [3.05, 3.63) is 101 Å². The van der Waals surface area contributed by atoms with Crippen molar-refractivity contribution in [3.63, 3.8) is 0 Å². The number of hydrogen-bond acceptors (Lipinski definition) is 4. The molecule has 0 amide bonds. The maximum atomic E-state index is 13.3. The maximum Gasteiger partial charge on any atom is 0.354 e. The molecule has 2 N–H and O–H groups in total. The zero-order valence-electron chi connectivity index (χ0n) is 19.4. The van der Waals surface area contributed by atoms with E-state index >= 15 is 0 Å². The van der Waals surface area contributed by atoms with Crippen LogP contribution in [0.2, 0.25) is 0 Å². The highest BCUT2D eigenvalue weighted by atomic mass is 16.5. The van der Waals surface area contributed by atoms with Crippen LogP contribution in [0.15, 0.2) is 84.6 Å². The number of fused-ring (bicyclic) bond motifs is 3. The molecule has 0 radical (unpaired) electrons. The Hall–Kier alpha value is -3.86. The van der Waals surface area contributed by atoms with Gasteiger partial charge in [-0.25, -0.2) is 4.79 Å². The second-order valence-electron chi connectivity index (χ2n) is 8.89. The van der Waals surface area contributed by atoms with Gasteiger partial charge in [0.15, 0.2) is 0 Å². The SMILES string of the molecule is CC(C)[C@H](CC(=O)O)NC(=Cc1ccccc1)C(=O)OCC1c2ccccc2-c2ccccc21. The summed E-state index contributed by atoms with van der Waals surface area (Å²) >= 11 is 0. The van der Waals surface area contributed by atoms with Gasteiger partial charge in [-0.05, 0) is 39.8 Å². The third-order valence-electron chi connectivity index (χ3n) is 6.21. The zero-order chi connectivity index (χ0) is 24.1. The number of carbonyl (C=O) groups is 2. The third kappa shape index (κ3) is 5.20. The number of rotatable bonds is 9. The lowest BCUT2D eigenvalue weighted by Gasteiger charge is -2.23. The topological polar surface area (TPSA) is 75.6 Å². The summed E-state index contributed by atoms with van der Waals surface area (Å²) in [5.74, 6) is -1.45. The van der Waals surface area contributed by atoms with E-state index in [0.717, 1.165) is 16.7 Å². The first-order valence-electron chi connectivity index (χ1n) is 11.5. The van der Waals surface area contributed by atoms with Crippen molar-refractivity contribution in [2.75, 3.05) is 6.61 Å². The van der Waals surface area contributed by atoms with Crippen LogP contribution in [-0.4, -0.2) is 29.7 Å². The fourth-order valence-corrected chi connectivity index (χ4v) is 4.39. The van der Waals surface area contributed by atoms with Crippen LogP contribution in [0.5, 0.6) is 0 Å². The monoisotopic (exact) mass is 455 g/mol. The Morgan fingerprint density at radius 2 is 1.47 bits per heavy atom. The highest BCUT2D eigenvalue weighted by Crippen LogP contribution is 2.44. The van der Waals surface area contributed by atoms with E-state index in [1.165, 1.54) is 11.1 Å². The smallest absolute Gasteiger partial charge is 0.354 e. The summed E-state index contributed by atoms with van der Waals surface area (Å²) in [6.07, 6.45) is 1.62. The molecule has 0 fully saturated rings. The molecule has 0 aliphatic heterocycles. The standard InChI is InChI=1S/C29H29NO4/c1-19(2)26(17-28(31)32)30-27(16-20-10-4-3-5-11-20)29(33)34-18-25-23-14-8-6-12-21(23)22-13-7-9-15-24(22)25/h3-16,19,25-26,30H,17-18H2,1-2H3,(H,31,32)/t26-/m0/s1. The molecule has 5 nitrogen and oxygen atoms in total. The first-order valence-corrected chi connectivity index (χ1v) is 11.5. The molecule has 0 aromatic heterocycles. The highest BCUT2D eigenvalue weighted by Gasteiger charge is 2.30. The van der Waals surface area contributed by atoms with Crippen molar-refractivity contribution in [3.8, 4) is 11.1 Å². The molecule has 3 aromatic carbocycles.